The molecular weight excluding hydrogens is 210 g/mol. The van der Waals surface area contributed by atoms with Gasteiger partial charge in [0.1, 0.15) is 0 Å². The van der Waals surface area contributed by atoms with Crippen LogP contribution < -0.4 is 4.90 Å². The fraction of sp³-hybridized carbons (Fsp3) is 0.636. The molecule has 0 aromatic carbocycles. The third-order valence-corrected chi connectivity index (χ3v) is 3.21. The van der Waals surface area contributed by atoms with Crippen molar-refractivity contribution in [3.8, 4) is 0 Å². The van der Waals surface area contributed by atoms with Gasteiger partial charge in [-0.1, -0.05) is 18.5 Å². The smallest absolute Gasteiger partial charge is 0.151 e. The standard InChI is InChI=1S/C11H16ClN3/c1-2-9-5-3-4-8-15(9)11-7-6-10(12)13-14-11/h6-7,9H,2-5,8H2,1H3. The largest absolute Gasteiger partial charge is 0.352 e. The zero-order chi connectivity index (χ0) is 10.7. The first kappa shape index (κ1) is 10.7. The van der Waals surface area contributed by atoms with Gasteiger partial charge in [0.2, 0.25) is 0 Å². The van der Waals surface area contributed by atoms with Gasteiger partial charge in [0.15, 0.2) is 11.0 Å². The molecule has 15 heavy (non-hydrogen) atoms. The summed E-state index contributed by atoms with van der Waals surface area (Å²) in [5.41, 5.74) is 0. The molecular formula is C11H16ClN3. The summed E-state index contributed by atoms with van der Waals surface area (Å²) in [7, 11) is 0. The zero-order valence-corrected chi connectivity index (χ0v) is 9.74. The van der Waals surface area contributed by atoms with Crippen molar-refractivity contribution in [3.05, 3.63) is 17.3 Å². The average Bonchev–Trinajstić information content (AvgIpc) is 2.30. The van der Waals surface area contributed by atoms with E-state index in [1.807, 2.05) is 12.1 Å². The first-order chi connectivity index (χ1) is 7.31. The Morgan fingerprint density at radius 3 is 2.93 bits per heavy atom. The molecule has 1 unspecified atom stereocenters. The molecule has 0 spiro atoms. The first-order valence-corrected chi connectivity index (χ1v) is 5.95. The minimum atomic E-state index is 0.462. The van der Waals surface area contributed by atoms with Crippen LogP contribution in [0.3, 0.4) is 0 Å². The molecule has 1 saturated heterocycles. The van der Waals surface area contributed by atoms with Gasteiger partial charge in [-0.05, 0) is 37.8 Å². The van der Waals surface area contributed by atoms with Crippen LogP contribution in [0.2, 0.25) is 5.15 Å². The van der Waals surface area contributed by atoms with Crippen LogP contribution in [-0.4, -0.2) is 22.8 Å². The van der Waals surface area contributed by atoms with Crippen molar-refractivity contribution in [2.75, 3.05) is 11.4 Å². The van der Waals surface area contributed by atoms with E-state index in [1.165, 1.54) is 25.7 Å². The molecule has 1 aliphatic heterocycles. The summed E-state index contributed by atoms with van der Waals surface area (Å²) in [5.74, 6) is 0.964. The molecule has 82 valence electrons. The Hall–Kier alpha value is -0.830. The Kier molecular flexibility index (Phi) is 3.41. The van der Waals surface area contributed by atoms with Gasteiger partial charge in [0.05, 0.1) is 0 Å². The van der Waals surface area contributed by atoms with E-state index in [9.17, 15) is 0 Å². The number of anilines is 1. The lowest BCUT2D eigenvalue weighted by atomic mass is 10.0. The summed E-state index contributed by atoms with van der Waals surface area (Å²) < 4.78 is 0. The van der Waals surface area contributed by atoms with E-state index in [2.05, 4.69) is 22.0 Å². The van der Waals surface area contributed by atoms with E-state index in [1.54, 1.807) is 0 Å². The van der Waals surface area contributed by atoms with Gasteiger partial charge >= 0.3 is 0 Å². The number of hydrogen-bond donors (Lipinski definition) is 0. The van der Waals surface area contributed by atoms with Crippen molar-refractivity contribution in [1.82, 2.24) is 10.2 Å². The molecule has 4 heteroatoms. The number of halogens is 1. The number of nitrogens with zero attached hydrogens (tertiary/aromatic N) is 3. The molecule has 2 heterocycles. The molecule has 1 aliphatic rings. The summed E-state index contributed by atoms with van der Waals surface area (Å²) in [6.07, 6.45) is 5.02. The lowest BCUT2D eigenvalue weighted by Gasteiger charge is -2.35. The lowest BCUT2D eigenvalue weighted by Crippen LogP contribution is -2.39. The maximum Gasteiger partial charge on any atom is 0.151 e. The van der Waals surface area contributed by atoms with E-state index in [0.29, 0.717) is 11.2 Å². The molecule has 0 saturated carbocycles. The molecule has 1 fully saturated rings. The molecule has 1 aromatic heterocycles. The number of hydrogen-bond acceptors (Lipinski definition) is 3. The van der Waals surface area contributed by atoms with Crippen molar-refractivity contribution in [3.63, 3.8) is 0 Å². The fourth-order valence-electron chi connectivity index (χ4n) is 2.19. The van der Waals surface area contributed by atoms with Crippen molar-refractivity contribution >= 4 is 17.4 Å². The SMILES string of the molecule is CCC1CCCCN1c1ccc(Cl)nn1. The third-order valence-electron chi connectivity index (χ3n) is 3.01. The predicted molar refractivity (Wildman–Crippen MR) is 62.3 cm³/mol. The van der Waals surface area contributed by atoms with Crippen molar-refractivity contribution in [2.45, 2.75) is 38.6 Å². The van der Waals surface area contributed by atoms with E-state index in [4.69, 9.17) is 11.6 Å². The van der Waals surface area contributed by atoms with Gasteiger partial charge in [-0.2, -0.15) is 0 Å². The highest BCUT2D eigenvalue weighted by Gasteiger charge is 2.21. The Balaban J connectivity index is 2.16. The Labute approximate surface area is 95.5 Å². The lowest BCUT2D eigenvalue weighted by molar-refractivity contribution is 0.445. The van der Waals surface area contributed by atoms with E-state index in [-0.39, 0.29) is 0 Å². The molecule has 0 bridgehead atoms. The Morgan fingerprint density at radius 2 is 2.27 bits per heavy atom. The highest BCUT2D eigenvalue weighted by Crippen LogP contribution is 2.24. The molecule has 0 N–H and O–H groups in total. The Morgan fingerprint density at radius 1 is 1.40 bits per heavy atom. The van der Waals surface area contributed by atoms with Gasteiger partial charge in [0.25, 0.3) is 0 Å². The number of rotatable bonds is 2. The summed E-state index contributed by atoms with van der Waals surface area (Å²) in [6.45, 7) is 3.32. The summed E-state index contributed by atoms with van der Waals surface area (Å²) >= 11 is 5.73. The van der Waals surface area contributed by atoms with Gasteiger partial charge in [-0.25, -0.2) is 0 Å². The first-order valence-electron chi connectivity index (χ1n) is 5.57. The van der Waals surface area contributed by atoms with Gasteiger partial charge in [-0.15, -0.1) is 10.2 Å². The van der Waals surface area contributed by atoms with Crippen molar-refractivity contribution in [2.24, 2.45) is 0 Å². The summed E-state index contributed by atoms with van der Waals surface area (Å²) in [4.78, 5) is 2.35. The second-order valence-corrected chi connectivity index (χ2v) is 4.35. The second kappa shape index (κ2) is 4.79. The van der Waals surface area contributed by atoms with Crippen LogP contribution in [0.5, 0.6) is 0 Å². The average molecular weight is 226 g/mol. The van der Waals surface area contributed by atoms with Crippen LogP contribution in [0.4, 0.5) is 5.82 Å². The van der Waals surface area contributed by atoms with Crippen LogP contribution in [0.15, 0.2) is 12.1 Å². The topological polar surface area (TPSA) is 29.0 Å². The van der Waals surface area contributed by atoms with Crippen LogP contribution in [0, 0.1) is 0 Å². The van der Waals surface area contributed by atoms with E-state index >= 15 is 0 Å². The maximum absolute atomic E-state index is 5.73. The minimum Gasteiger partial charge on any atom is -0.352 e. The van der Waals surface area contributed by atoms with Gasteiger partial charge in [0, 0.05) is 12.6 Å². The molecule has 0 amide bonds. The predicted octanol–water partition coefficient (Wildman–Crippen LogP) is 2.90. The monoisotopic (exact) mass is 225 g/mol. The zero-order valence-electron chi connectivity index (χ0n) is 8.99. The van der Waals surface area contributed by atoms with Crippen LogP contribution >= 0.6 is 11.6 Å². The summed E-state index contributed by atoms with van der Waals surface area (Å²) in [5, 5.41) is 8.50. The maximum atomic E-state index is 5.73. The molecule has 0 aliphatic carbocycles. The highest BCUT2D eigenvalue weighted by atomic mass is 35.5. The normalized spacial score (nSPS) is 21.7. The van der Waals surface area contributed by atoms with Gasteiger partial charge < -0.3 is 4.90 Å². The molecule has 3 nitrogen and oxygen atoms in total. The van der Waals surface area contributed by atoms with Crippen LogP contribution in [0.1, 0.15) is 32.6 Å². The van der Waals surface area contributed by atoms with Crippen LogP contribution in [-0.2, 0) is 0 Å². The van der Waals surface area contributed by atoms with Crippen LogP contribution in [0.25, 0.3) is 0 Å². The van der Waals surface area contributed by atoms with Crippen molar-refractivity contribution in [1.29, 1.82) is 0 Å². The number of aromatic nitrogens is 2. The minimum absolute atomic E-state index is 0.462. The van der Waals surface area contributed by atoms with Crippen molar-refractivity contribution < 1.29 is 0 Å². The molecule has 1 atom stereocenters. The molecule has 2 rings (SSSR count). The van der Waals surface area contributed by atoms with E-state index in [0.717, 1.165) is 12.4 Å². The van der Waals surface area contributed by atoms with Gasteiger partial charge in [-0.3, -0.25) is 0 Å². The quantitative estimate of drug-likeness (QED) is 0.775. The Bertz CT molecular complexity index is 312. The fourth-order valence-corrected chi connectivity index (χ4v) is 2.29. The highest BCUT2D eigenvalue weighted by molar-refractivity contribution is 6.29. The summed E-state index contributed by atoms with van der Waals surface area (Å²) in [6, 6.07) is 4.39. The van der Waals surface area contributed by atoms with E-state index < -0.39 is 0 Å². The second-order valence-electron chi connectivity index (χ2n) is 3.97. The number of piperidine rings is 1. The third kappa shape index (κ3) is 2.40. The molecule has 0 radical (unpaired) electrons. The molecule has 1 aromatic rings.